The van der Waals surface area contributed by atoms with Gasteiger partial charge in [-0.25, -0.2) is 0 Å². The monoisotopic (exact) mass is 359 g/mol. The quantitative estimate of drug-likeness (QED) is 0.485. The Kier molecular flexibility index (Phi) is 6.30. The van der Waals surface area contributed by atoms with Crippen molar-refractivity contribution in [3.05, 3.63) is 59.7 Å². The minimum Gasteiger partial charge on any atom is -0.508 e. The summed E-state index contributed by atoms with van der Waals surface area (Å²) in [5, 5.41) is 11.6. The van der Waals surface area contributed by atoms with Crippen LogP contribution in [0.25, 0.3) is 0 Å². The first-order valence-corrected chi connectivity index (χ1v) is 7.71. The van der Waals surface area contributed by atoms with Gasteiger partial charge in [0.1, 0.15) is 11.5 Å². The molecule has 0 spiro atoms. The van der Waals surface area contributed by atoms with Crippen LogP contribution < -0.4 is 20.9 Å². The van der Waals surface area contributed by atoms with E-state index in [0.717, 1.165) is 5.56 Å². The third kappa shape index (κ3) is 5.78. The normalized spacial score (nSPS) is 9.80. The Hall–Kier alpha value is -3.13. The molecule has 0 atom stereocenters. The van der Waals surface area contributed by atoms with E-state index < -0.39 is 5.91 Å². The predicted molar refractivity (Wildman–Crippen MR) is 96.1 cm³/mol. The van der Waals surface area contributed by atoms with Crippen molar-refractivity contribution in [1.82, 2.24) is 16.2 Å². The molecule has 0 fully saturated rings. The lowest BCUT2D eigenvalue weighted by molar-refractivity contribution is -0.119. The molecule has 0 aromatic heterocycles. The number of benzene rings is 2. The van der Waals surface area contributed by atoms with Gasteiger partial charge in [0.15, 0.2) is 5.11 Å². The minimum absolute atomic E-state index is 0.0226. The Morgan fingerprint density at radius 2 is 1.68 bits per heavy atom. The van der Waals surface area contributed by atoms with Crippen LogP contribution in [-0.2, 0) is 11.2 Å². The number of hydrogen-bond donors (Lipinski definition) is 4. The Labute approximate surface area is 150 Å². The number of carbonyl (C=O) groups excluding carboxylic acids is 2. The summed E-state index contributed by atoms with van der Waals surface area (Å²) in [4.78, 5) is 23.8. The highest BCUT2D eigenvalue weighted by atomic mass is 32.1. The fourth-order valence-electron chi connectivity index (χ4n) is 1.93. The third-order valence-electron chi connectivity index (χ3n) is 3.20. The van der Waals surface area contributed by atoms with Gasteiger partial charge in [-0.05, 0) is 54.2 Å². The molecular formula is C17H17N3O4S. The average Bonchev–Trinajstić information content (AvgIpc) is 2.61. The summed E-state index contributed by atoms with van der Waals surface area (Å²) in [6.45, 7) is 0. The molecule has 2 amide bonds. The fourth-order valence-corrected chi connectivity index (χ4v) is 2.09. The topological polar surface area (TPSA) is 99.7 Å². The van der Waals surface area contributed by atoms with Crippen LogP contribution in [0.5, 0.6) is 11.5 Å². The second-order valence-corrected chi connectivity index (χ2v) is 5.44. The smallest absolute Gasteiger partial charge is 0.269 e. The molecule has 2 rings (SSSR count). The van der Waals surface area contributed by atoms with E-state index in [1.807, 2.05) is 0 Å². The van der Waals surface area contributed by atoms with E-state index in [1.165, 1.54) is 24.3 Å². The van der Waals surface area contributed by atoms with Crippen LogP contribution in [0.4, 0.5) is 0 Å². The van der Waals surface area contributed by atoms with E-state index in [0.29, 0.717) is 11.3 Å². The highest BCUT2D eigenvalue weighted by Gasteiger charge is 2.08. The van der Waals surface area contributed by atoms with Gasteiger partial charge >= 0.3 is 0 Å². The van der Waals surface area contributed by atoms with Gasteiger partial charge in [-0.15, -0.1) is 0 Å². The molecule has 0 aliphatic carbocycles. The molecule has 4 N–H and O–H groups in total. The molecule has 25 heavy (non-hydrogen) atoms. The van der Waals surface area contributed by atoms with Gasteiger partial charge in [0, 0.05) is 5.56 Å². The molecule has 0 aliphatic heterocycles. The summed E-state index contributed by atoms with van der Waals surface area (Å²) in [7, 11) is 1.57. The molecule has 2 aromatic rings. The number of thiocarbonyl (C=S) groups is 1. The first-order valence-electron chi connectivity index (χ1n) is 7.30. The van der Waals surface area contributed by atoms with Crippen molar-refractivity contribution >= 4 is 29.1 Å². The zero-order valence-corrected chi connectivity index (χ0v) is 14.2. The molecule has 0 heterocycles. The lowest BCUT2D eigenvalue weighted by atomic mass is 10.1. The van der Waals surface area contributed by atoms with Crippen LogP contribution >= 0.6 is 12.2 Å². The molecule has 2 aromatic carbocycles. The maximum Gasteiger partial charge on any atom is 0.269 e. The molecule has 0 aliphatic rings. The van der Waals surface area contributed by atoms with Crippen LogP contribution in [-0.4, -0.2) is 29.1 Å². The van der Waals surface area contributed by atoms with Crippen molar-refractivity contribution in [3.8, 4) is 11.5 Å². The van der Waals surface area contributed by atoms with E-state index in [-0.39, 0.29) is 23.2 Å². The van der Waals surface area contributed by atoms with Gasteiger partial charge in [0.25, 0.3) is 5.91 Å². The summed E-state index contributed by atoms with van der Waals surface area (Å²) in [6, 6.07) is 12.8. The van der Waals surface area contributed by atoms with Crippen LogP contribution in [0.1, 0.15) is 15.9 Å². The van der Waals surface area contributed by atoms with Gasteiger partial charge in [-0.1, -0.05) is 12.1 Å². The number of methoxy groups -OCH3 is 1. The van der Waals surface area contributed by atoms with E-state index in [9.17, 15) is 14.7 Å². The number of phenols is 1. The molecular weight excluding hydrogens is 342 g/mol. The molecule has 0 bridgehead atoms. The van der Waals surface area contributed by atoms with E-state index in [1.54, 1.807) is 31.4 Å². The number of hydrazine groups is 1. The second kappa shape index (κ2) is 8.65. The summed E-state index contributed by atoms with van der Waals surface area (Å²) < 4.78 is 5.05. The molecule has 130 valence electrons. The molecule has 0 saturated carbocycles. The molecule has 7 nitrogen and oxygen atoms in total. The maximum absolute atomic E-state index is 11.9. The Balaban J connectivity index is 1.77. The number of nitrogens with one attached hydrogen (secondary N) is 3. The van der Waals surface area contributed by atoms with Gasteiger partial charge in [-0.3, -0.25) is 20.4 Å². The van der Waals surface area contributed by atoms with E-state index in [4.69, 9.17) is 17.0 Å². The van der Waals surface area contributed by atoms with Crippen LogP contribution in [0.2, 0.25) is 0 Å². The summed E-state index contributed by atoms with van der Waals surface area (Å²) in [5.41, 5.74) is 5.94. The summed E-state index contributed by atoms with van der Waals surface area (Å²) in [6.07, 6.45) is 0.137. The fraction of sp³-hybridized carbons (Fsp3) is 0.118. The van der Waals surface area contributed by atoms with Crippen molar-refractivity contribution in [2.24, 2.45) is 0 Å². The van der Waals surface area contributed by atoms with Crippen LogP contribution in [0.3, 0.4) is 0 Å². The number of hydrogen-bond acceptors (Lipinski definition) is 5. The second-order valence-electron chi connectivity index (χ2n) is 5.03. The SMILES string of the molecule is COc1ccc(CC(=O)NC(=S)NNC(=O)c2ccc(O)cc2)cc1. The highest BCUT2D eigenvalue weighted by molar-refractivity contribution is 7.80. The molecule has 8 heteroatoms. The number of ether oxygens (including phenoxy) is 1. The molecule has 0 radical (unpaired) electrons. The number of rotatable bonds is 4. The third-order valence-corrected chi connectivity index (χ3v) is 3.40. The molecule has 0 unspecified atom stereocenters. The number of amides is 2. The van der Waals surface area contributed by atoms with Crippen LogP contribution in [0, 0.1) is 0 Å². The standard InChI is InChI=1S/C17H17N3O4S/c1-24-14-8-2-11(3-9-14)10-15(22)18-17(25)20-19-16(23)12-4-6-13(21)7-5-12/h2-9,21H,10H2,1H3,(H,19,23)(H2,18,20,22,25). The first-order chi connectivity index (χ1) is 12.0. The van der Waals surface area contributed by atoms with Crippen molar-refractivity contribution in [1.29, 1.82) is 0 Å². The predicted octanol–water partition coefficient (Wildman–Crippen LogP) is 1.28. The van der Waals surface area contributed by atoms with Gasteiger partial charge in [-0.2, -0.15) is 0 Å². The zero-order valence-electron chi connectivity index (χ0n) is 13.4. The zero-order chi connectivity index (χ0) is 18.2. The van der Waals surface area contributed by atoms with Crippen molar-refractivity contribution < 1.29 is 19.4 Å². The maximum atomic E-state index is 11.9. The summed E-state index contributed by atoms with van der Waals surface area (Å²) in [5.74, 6) is -0.00239. The highest BCUT2D eigenvalue weighted by Crippen LogP contribution is 2.11. The molecule has 0 saturated heterocycles. The van der Waals surface area contributed by atoms with Gasteiger partial charge in [0.05, 0.1) is 13.5 Å². The number of aromatic hydroxyl groups is 1. The Bertz CT molecular complexity index is 760. The lowest BCUT2D eigenvalue weighted by Gasteiger charge is -2.11. The van der Waals surface area contributed by atoms with E-state index >= 15 is 0 Å². The first kappa shape index (κ1) is 18.2. The Morgan fingerprint density at radius 3 is 2.28 bits per heavy atom. The van der Waals surface area contributed by atoms with Crippen LogP contribution in [0.15, 0.2) is 48.5 Å². The number of carbonyl (C=O) groups is 2. The van der Waals surface area contributed by atoms with Crippen molar-refractivity contribution in [3.63, 3.8) is 0 Å². The largest absolute Gasteiger partial charge is 0.508 e. The van der Waals surface area contributed by atoms with E-state index in [2.05, 4.69) is 16.2 Å². The van der Waals surface area contributed by atoms with Crippen molar-refractivity contribution in [2.75, 3.05) is 7.11 Å². The minimum atomic E-state index is -0.452. The average molecular weight is 359 g/mol. The lowest BCUT2D eigenvalue weighted by Crippen LogP contribution is -2.48. The van der Waals surface area contributed by atoms with Gasteiger partial charge < -0.3 is 15.2 Å². The van der Waals surface area contributed by atoms with Gasteiger partial charge in [0.2, 0.25) is 5.91 Å². The number of phenolic OH excluding ortho intramolecular Hbond substituents is 1. The van der Waals surface area contributed by atoms with Crippen molar-refractivity contribution in [2.45, 2.75) is 6.42 Å². The Morgan fingerprint density at radius 1 is 1.04 bits per heavy atom. The summed E-state index contributed by atoms with van der Waals surface area (Å²) >= 11 is 4.96.